The van der Waals surface area contributed by atoms with Gasteiger partial charge in [0.2, 0.25) is 0 Å². The highest BCUT2D eigenvalue weighted by Crippen LogP contribution is 2.43. The topological polar surface area (TPSA) is 48.1 Å². The number of benzene rings is 1. The highest BCUT2D eigenvalue weighted by molar-refractivity contribution is 5.76. The zero-order valence-corrected chi connectivity index (χ0v) is 11.5. The number of carbonyl (C=O) groups excluding carboxylic acids is 1. The first kappa shape index (κ1) is 12.5. The van der Waals surface area contributed by atoms with Gasteiger partial charge in [-0.1, -0.05) is 6.07 Å². The molecule has 1 fully saturated rings. The molecule has 19 heavy (non-hydrogen) atoms. The van der Waals surface area contributed by atoms with Crippen molar-refractivity contribution in [2.45, 2.75) is 44.8 Å². The normalized spacial score (nSPS) is 23.5. The molecular formula is C15H18O4. The van der Waals surface area contributed by atoms with Crippen LogP contribution in [0, 0.1) is 0 Å². The molecule has 0 saturated carbocycles. The minimum atomic E-state index is -0.169. The Hall–Kier alpha value is -1.55. The summed E-state index contributed by atoms with van der Waals surface area (Å²) in [5.41, 5.74) is 1.93. The summed E-state index contributed by atoms with van der Waals surface area (Å²) in [6.07, 6.45) is 2.06. The summed E-state index contributed by atoms with van der Waals surface area (Å²) in [5, 5.41) is 0. The van der Waals surface area contributed by atoms with Gasteiger partial charge in [0.15, 0.2) is 0 Å². The van der Waals surface area contributed by atoms with Gasteiger partial charge < -0.3 is 14.2 Å². The molecule has 1 aromatic carbocycles. The van der Waals surface area contributed by atoms with Crippen LogP contribution in [0.2, 0.25) is 0 Å². The maximum atomic E-state index is 11.5. The van der Waals surface area contributed by atoms with E-state index in [1.165, 1.54) is 0 Å². The third-order valence-corrected chi connectivity index (χ3v) is 3.89. The average Bonchev–Trinajstić information content (AvgIpc) is 2.97. The van der Waals surface area contributed by atoms with E-state index in [9.17, 15) is 4.79 Å². The fourth-order valence-corrected chi connectivity index (χ4v) is 2.57. The number of hydrogen-bond acceptors (Lipinski definition) is 4. The van der Waals surface area contributed by atoms with Crippen LogP contribution in [0.1, 0.15) is 31.4 Å². The van der Waals surface area contributed by atoms with Crippen molar-refractivity contribution in [1.82, 2.24) is 0 Å². The van der Waals surface area contributed by atoms with Crippen LogP contribution in [0.15, 0.2) is 12.1 Å². The zero-order valence-electron chi connectivity index (χ0n) is 11.5. The SMILES string of the molecule is COc1ccc2c(c1C[C@@H]1OC1(C)C)OC(=O)CC2. The third kappa shape index (κ3) is 2.21. The summed E-state index contributed by atoms with van der Waals surface area (Å²) < 4.78 is 16.5. The van der Waals surface area contributed by atoms with Crippen LogP contribution in [0.3, 0.4) is 0 Å². The average molecular weight is 262 g/mol. The Balaban J connectivity index is 1.97. The largest absolute Gasteiger partial charge is 0.496 e. The summed E-state index contributed by atoms with van der Waals surface area (Å²) in [7, 11) is 1.63. The van der Waals surface area contributed by atoms with Crippen LogP contribution in [0.5, 0.6) is 11.5 Å². The molecule has 0 aliphatic carbocycles. The van der Waals surface area contributed by atoms with E-state index in [-0.39, 0.29) is 17.7 Å². The van der Waals surface area contributed by atoms with Gasteiger partial charge in [0, 0.05) is 12.0 Å². The Labute approximate surface area is 112 Å². The van der Waals surface area contributed by atoms with Crippen LogP contribution >= 0.6 is 0 Å². The molecule has 0 amide bonds. The number of epoxide rings is 1. The molecule has 0 bridgehead atoms. The monoisotopic (exact) mass is 262 g/mol. The van der Waals surface area contributed by atoms with Gasteiger partial charge in [-0.3, -0.25) is 4.79 Å². The summed E-state index contributed by atoms with van der Waals surface area (Å²) in [6, 6.07) is 3.92. The van der Waals surface area contributed by atoms with Gasteiger partial charge in [-0.25, -0.2) is 0 Å². The quantitative estimate of drug-likeness (QED) is 0.476. The van der Waals surface area contributed by atoms with Gasteiger partial charge in [0.05, 0.1) is 25.2 Å². The van der Waals surface area contributed by atoms with Crippen molar-refractivity contribution >= 4 is 5.97 Å². The number of aryl methyl sites for hydroxylation is 1. The molecule has 1 saturated heterocycles. The van der Waals surface area contributed by atoms with Crippen LogP contribution in [-0.4, -0.2) is 24.8 Å². The van der Waals surface area contributed by atoms with Crippen molar-refractivity contribution < 1.29 is 19.0 Å². The van der Waals surface area contributed by atoms with E-state index in [1.807, 2.05) is 12.1 Å². The van der Waals surface area contributed by atoms with Crippen molar-refractivity contribution in [3.8, 4) is 11.5 Å². The van der Waals surface area contributed by atoms with Crippen LogP contribution < -0.4 is 9.47 Å². The Morgan fingerprint density at radius 2 is 2.11 bits per heavy atom. The minimum Gasteiger partial charge on any atom is -0.496 e. The summed E-state index contributed by atoms with van der Waals surface area (Å²) >= 11 is 0. The lowest BCUT2D eigenvalue weighted by Crippen LogP contribution is -2.18. The summed E-state index contributed by atoms with van der Waals surface area (Å²) in [5.74, 6) is 1.28. The number of fused-ring (bicyclic) bond motifs is 1. The standard InChI is InChI=1S/C15H18O4/c1-15(2)12(19-15)8-10-11(17-3)6-4-9-5-7-13(16)18-14(9)10/h4,6,12H,5,7-8H2,1-3H3/t12-/m0/s1. The second-order valence-corrected chi connectivity index (χ2v) is 5.62. The van der Waals surface area contributed by atoms with E-state index >= 15 is 0 Å². The Kier molecular flexibility index (Phi) is 2.78. The molecule has 0 radical (unpaired) electrons. The fraction of sp³-hybridized carbons (Fsp3) is 0.533. The molecule has 2 aliphatic rings. The molecule has 0 N–H and O–H groups in total. The molecule has 2 aliphatic heterocycles. The molecule has 0 spiro atoms. The Morgan fingerprint density at radius 3 is 2.74 bits per heavy atom. The van der Waals surface area contributed by atoms with Crippen molar-refractivity contribution in [3.63, 3.8) is 0 Å². The van der Waals surface area contributed by atoms with Gasteiger partial charge >= 0.3 is 5.97 Å². The van der Waals surface area contributed by atoms with E-state index in [0.717, 1.165) is 23.3 Å². The first-order valence-electron chi connectivity index (χ1n) is 6.58. The van der Waals surface area contributed by atoms with Crippen molar-refractivity contribution in [2.24, 2.45) is 0 Å². The van der Waals surface area contributed by atoms with Gasteiger partial charge in [0.1, 0.15) is 11.5 Å². The zero-order chi connectivity index (χ0) is 13.6. The lowest BCUT2D eigenvalue weighted by molar-refractivity contribution is -0.135. The van der Waals surface area contributed by atoms with E-state index in [1.54, 1.807) is 7.11 Å². The highest BCUT2D eigenvalue weighted by Gasteiger charge is 2.48. The summed E-state index contributed by atoms with van der Waals surface area (Å²) in [6.45, 7) is 4.12. The molecule has 1 atom stereocenters. The summed E-state index contributed by atoms with van der Waals surface area (Å²) in [4.78, 5) is 11.5. The molecule has 2 heterocycles. The van der Waals surface area contributed by atoms with E-state index in [2.05, 4.69) is 13.8 Å². The molecule has 4 heteroatoms. The molecule has 1 aromatic rings. The molecule has 0 unspecified atom stereocenters. The van der Waals surface area contributed by atoms with Gasteiger partial charge in [-0.05, 0) is 31.9 Å². The smallest absolute Gasteiger partial charge is 0.311 e. The van der Waals surface area contributed by atoms with Gasteiger partial charge in [0.25, 0.3) is 0 Å². The maximum Gasteiger partial charge on any atom is 0.311 e. The van der Waals surface area contributed by atoms with Gasteiger partial charge in [-0.15, -0.1) is 0 Å². The molecular weight excluding hydrogens is 244 g/mol. The maximum absolute atomic E-state index is 11.5. The first-order chi connectivity index (χ1) is 9.01. The lowest BCUT2D eigenvalue weighted by atomic mass is 9.96. The van der Waals surface area contributed by atoms with Gasteiger partial charge in [-0.2, -0.15) is 0 Å². The van der Waals surface area contributed by atoms with E-state index < -0.39 is 0 Å². The third-order valence-electron chi connectivity index (χ3n) is 3.89. The molecule has 102 valence electrons. The second-order valence-electron chi connectivity index (χ2n) is 5.62. The molecule has 3 rings (SSSR count). The Bertz CT molecular complexity index is 533. The van der Waals surface area contributed by atoms with E-state index in [0.29, 0.717) is 18.6 Å². The van der Waals surface area contributed by atoms with Crippen LogP contribution in [0.4, 0.5) is 0 Å². The number of carbonyl (C=O) groups is 1. The number of ether oxygens (including phenoxy) is 3. The van der Waals surface area contributed by atoms with Crippen LogP contribution in [0.25, 0.3) is 0 Å². The Morgan fingerprint density at radius 1 is 1.37 bits per heavy atom. The predicted octanol–water partition coefficient (Wildman–Crippen LogP) is 2.27. The number of methoxy groups -OCH3 is 1. The number of rotatable bonds is 3. The number of esters is 1. The van der Waals surface area contributed by atoms with Crippen LogP contribution in [-0.2, 0) is 22.4 Å². The van der Waals surface area contributed by atoms with E-state index in [4.69, 9.17) is 14.2 Å². The lowest BCUT2D eigenvalue weighted by Gasteiger charge is -2.20. The minimum absolute atomic E-state index is 0.0909. The molecule has 0 aromatic heterocycles. The van der Waals surface area contributed by atoms with Crippen molar-refractivity contribution in [3.05, 3.63) is 23.3 Å². The first-order valence-corrected chi connectivity index (χ1v) is 6.58. The molecule has 4 nitrogen and oxygen atoms in total. The highest BCUT2D eigenvalue weighted by atomic mass is 16.6. The fourth-order valence-electron chi connectivity index (χ4n) is 2.57. The van der Waals surface area contributed by atoms with Crippen molar-refractivity contribution in [1.29, 1.82) is 0 Å². The number of hydrogen-bond donors (Lipinski definition) is 0. The predicted molar refractivity (Wildman–Crippen MR) is 69.6 cm³/mol. The second kappa shape index (κ2) is 4.23. The van der Waals surface area contributed by atoms with Crippen molar-refractivity contribution in [2.75, 3.05) is 7.11 Å².